The molecule has 10 heteroatoms. The second kappa shape index (κ2) is 8.36. The molecule has 0 saturated heterocycles. The molecule has 9 nitrogen and oxygen atoms in total. The Morgan fingerprint density at radius 3 is 2.68 bits per heavy atom. The molecule has 2 aromatic heterocycles. The number of nitrogens with zero attached hydrogens (tertiary/aromatic N) is 4. The lowest BCUT2D eigenvalue weighted by molar-refractivity contribution is -0.384. The van der Waals surface area contributed by atoms with E-state index in [0.29, 0.717) is 22.2 Å². The average Bonchev–Trinajstić information content (AvgIpc) is 3.40. The van der Waals surface area contributed by atoms with Crippen LogP contribution >= 0.6 is 11.3 Å². The van der Waals surface area contributed by atoms with Gasteiger partial charge in [0.2, 0.25) is 5.13 Å². The summed E-state index contributed by atoms with van der Waals surface area (Å²) in [5, 5.41) is 20.5. The third-order valence-corrected chi connectivity index (χ3v) is 5.27. The Morgan fingerprint density at radius 1 is 1.19 bits per heavy atom. The standard InChI is InChI=1S/C21H17N5O4S/c1-13-10-19(23-20(27)14-6-8-16(9-7-14)26(28)29)25(24-13)21-22-18(12-31-21)15-4-3-5-17(11-15)30-2/h3-12H,1-2H3,(H,23,27). The van der Waals surface area contributed by atoms with Crippen molar-refractivity contribution in [2.45, 2.75) is 6.92 Å². The van der Waals surface area contributed by atoms with Gasteiger partial charge in [0.25, 0.3) is 11.6 Å². The van der Waals surface area contributed by atoms with Gasteiger partial charge in [0, 0.05) is 34.7 Å². The Hall–Kier alpha value is -4.05. The fraction of sp³-hybridized carbons (Fsp3) is 0.0952. The van der Waals surface area contributed by atoms with Crippen molar-refractivity contribution in [1.82, 2.24) is 14.8 Å². The molecule has 0 aliphatic carbocycles. The number of aryl methyl sites for hydroxylation is 1. The van der Waals surface area contributed by atoms with Gasteiger partial charge < -0.3 is 10.1 Å². The highest BCUT2D eigenvalue weighted by Crippen LogP contribution is 2.28. The molecule has 4 rings (SSSR count). The molecule has 2 aromatic carbocycles. The van der Waals surface area contributed by atoms with Crippen molar-refractivity contribution in [2.24, 2.45) is 0 Å². The number of rotatable bonds is 6. The van der Waals surface area contributed by atoms with Gasteiger partial charge in [-0.15, -0.1) is 11.3 Å². The van der Waals surface area contributed by atoms with Gasteiger partial charge in [0.15, 0.2) is 0 Å². The number of hydrogen-bond donors (Lipinski definition) is 1. The Morgan fingerprint density at radius 2 is 1.97 bits per heavy atom. The van der Waals surface area contributed by atoms with Crippen LogP contribution in [0.2, 0.25) is 0 Å². The molecule has 156 valence electrons. The smallest absolute Gasteiger partial charge is 0.269 e. The van der Waals surface area contributed by atoms with Gasteiger partial charge in [-0.05, 0) is 31.2 Å². The first kappa shape index (κ1) is 20.2. The second-order valence-corrected chi connectivity index (χ2v) is 7.42. The van der Waals surface area contributed by atoms with E-state index in [0.717, 1.165) is 17.0 Å². The Balaban J connectivity index is 1.59. The van der Waals surface area contributed by atoms with Crippen LogP contribution in [0.25, 0.3) is 16.4 Å². The highest BCUT2D eigenvalue weighted by atomic mass is 32.1. The van der Waals surface area contributed by atoms with Crippen LogP contribution in [0.3, 0.4) is 0 Å². The number of nitro groups is 1. The lowest BCUT2D eigenvalue weighted by Gasteiger charge is -2.06. The van der Waals surface area contributed by atoms with Gasteiger partial charge in [-0.3, -0.25) is 14.9 Å². The van der Waals surface area contributed by atoms with Crippen LogP contribution in [-0.2, 0) is 0 Å². The van der Waals surface area contributed by atoms with E-state index in [4.69, 9.17) is 4.74 Å². The SMILES string of the molecule is COc1cccc(-c2csc(-n3nc(C)cc3NC(=O)c3ccc([N+](=O)[O-])cc3)n2)c1. The van der Waals surface area contributed by atoms with Gasteiger partial charge in [0.1, 0.15) is 11.6 Å². The van der Waals surface area contributed by atoms with Gasteiger partial charge >= 0.3 is 0 Å². The molecule has 0 aliphatic rings. The number of anilines is 1. The number of nitrogens with one attached hydrogen (secondary N) is 1. The monoisotopic (exact) mass is 435 g/mol. The van der Waals surface area contributed by atoms with E-state index in [9.17, 15) is 14.9 Å². The van der Waals surface area contributed by atoms with Crippen molar-refractivity contribution < 1.29 is 14.5 Å². The number of hydrogen-bond acceptors (Lipinski definition) is 7. The Kier molecular flexibility index (Phi) is 5.46. The quantitative estimate of drug-likeness (QED) is 0.353. The molecule has 0 radical (unpaired) electrons. The molecule has 31 heavy (non-hydrogen) atoms. The van der Waals surface area contributed by atoms with Crippen LogP contribution in [0, 0.1) is 17.0 Å². The number of benzene rings is 2. The predicted molar refractivity (Wildman–Crippen MR) is 117 cm³/mol. The van der Waals surface area contributed by atoms with E-state index >= 15 is 0 Å². The summed E-state index contributed by atoms with van der Waals surface area (Å²) in [4.78, 5) is 27.6. The molecule has 0 atom stereocenters. The molecule has 0 spiro atoms. The Bertz CT molecular complexity index is 1260. The number of amides is 1. The minimum atomic E-state index is -0.511. The first-order valence-corrected chi connectivity index (χ1v) is 10.1. The number of ether oxygens (including phenoxy) is 1. The lowest BCUT2D eigenvalue weighted by atomic mass is 10.2. The van der Waals surface area contributed by atoms with Gasteiger partial charge in [-0.25, -0.2) is 4.98 Å². The van der Waals surface area contributed by atoms with E-state index < -0.39 is 10.8 Å². The van der Waals surface area contributed by atoms with Crippen molar-refractivity contribution in [3.8, 4) is 22.1 Å². The molecule has 1 amide bonds. The number of nitro benzene ring substituents is 1. The summed E-state index contributed by atoms with van der Waals surface area (Å²) < 4.78 is 6.83. The van der Waals surface area contributed by atoms with E-state index in [1.807, 2.05) is 36.6 Å². The maximum absolute atomic E-state index is 12.6. The molecule has 0 bridgehead atoms. The number of methoxy groups -OCH3 is 1. The molecule has 4 aromatic rings. The number of thiazole rings is 1. The second-order valence-electron chi connectivity index (χ2n) is 6.59. The van der Waals surface area contributed by atoms with Gasteiger partial charge in [-0.2, -0.15) is 9.78 Å². The van der Waals surface area contributed by atoms with Crippen molar-refractivity contribution in [2.75, 3.05) is 12.4 Å². The van der Waals surface area contributed by atoms with Crippen molar-refractivity contribution >= 4 is 28.7 Å². The summed E-state index contributed by atoms with van der Waals surface area (Å²) in [5.41, 5.74) is 2.59. The van der Waals surface area contributed by atoms with Gasteiger partial charge in [-0.1, -0.05) is 12.1 Å². The highest BCUT2D eigenvalue weighted by molar-refractivity contribution is 7.12. The summed E-state index contributed by atoms with van der Waals surface area (Å²) in [6.07, 6.45) is 0. The molecular weight excluding hydrogens is 418 g/mol. The summed E-state index contributed by atoms with van der Waals surface area (Å²) >= 11 is 1.39. The Labute approximate surface area is 181 Å². The van der Waals surface area contributed by atoms with Crippen molar-refractivity contribution in [3.05, 3.63) is 81.3 Å². The zero-order chi connectivity index (χ0) is 22.0. The first-order valence-electron chi connectivity index (χ1n) is 9.17. The van der Waals surface area contributed by atoms with Crippen LogP contribution < -0.4 is 10.1 Å². The van der Waals surface area contributed by atoms with Crippen LogP contribution in [0.4, 0.5) is 11.5 Å². The van der Waals surface area contributed by atoms with Gasteiger partial charge in [0.05, 0.1) is 23.4 Å². The fourth-order valence-corrected chi connectivity index (χ4v) is 3.73. The number of non-ortho nitro benzene ring substituents is 1. The summed E-state index contributed by atoms with van der Waals surface area (Å²) in [6.45, 7) is 1.81. The zero-order valence-electron chi connectivity index (χ0n) is 16.6. The summed E-state index contributed by atoms with van der Waals surface area (Å²) in [6, 6.07) is 14.7. The minimum absolute atomic E-state index is 0.0784. The molecule has 1 N–H and O–H groups in total. The molecule has 2 heterocycles. The van der Waals surface area contributed by atoms with Crippen LogP contribution in [0.5, 0.6) is 5.75 Å². The third kappa shape index (κ3) is 4.28. The molecule has 0 fully saturated rings. The lowest BCUT2D eigenvalue weighted by Crippen LogP contribution is -2.15. The number of carbonyl (C=O) groups is 1. The average molecular weight is 435 g/mol. The molecule has 0 unspecified atom stereocenters. The molecule has 0 aliphatic heterocycles. The maximum Gasteiger partial charge on any atom is 0.269 e. The topological polar surface area (TPSA) is 112 Å². The third-order valence-electron chi connectivity index (χ3n) is 4.45. The maximum atomic E-state index is 12.6. The van der Waals surface area contributed by atoms with E-state index in [2.05, 4.69) is 15.4 Å². The van der Waals surface area contributed by atoms with Crippen LogP contribution in [-0.4, -0.2) is 32.7 Å². The van der Waals surface area contributed by atoms with E-state index in [1.54, 1.807) is 17.9 Å². The van der Waals surface area contributed by atoms with Crippen LogP contribution in [0.1, 0.15) is 16.1 Å². The molecular formula is C21H17N5O4S. The molecule has 0 saturated carbocycles. The van der Waals surface area contributed by atoms with Crippen LogP contribution in [0.15, 0.2) is 60.0 Å². The first-order chi connectivity index (χ1) is 14.9. The van der Waals surface area contributed by atoms with E-state index in [1.165, 1.54) is 35.6 Å². The van der Waals surface area contributed by atoms with Crippen molar-refractivity contribution in [1.29, 1.82) is 0 Å². The number of aromatic nitrogens is 3. The zero-order valence-corrected chi connectivity index (χ0v) is 17.4. The largest absolute Gasteiger partial charge is 0.497 e. The summed E-state index contributed by atoms with van der Waals surface area (Å²) in [7, 11) is 1.61. The fourth-order valence-electron chi connectivity index (χ4n) is 2.93. The van der Waals surface area contributed by atoms with Crippen molar-refractivity contribution in [3.63, 3.8) is 0 Å². The highest BCUT2D eigenvalue weighted by Gasteiger charge is 2.16. The van der Waals surface area contributed by atoms with E-state index in [-0.39, 0.29) is 5.69 Å². The minimum Gasteiger partial charge on any atom is -0.497 e. The number of carbonyl (C=O) groups excluding carboxylic acids is 1. The normalized spacial score (nSPS) is 10.6. The summed E-state index contributed by atoms with van der Waals surface area (Å²) in [5.74, 6) is 0.783. The predicted octanol–water partition coefficient (Wildman–Crippen LogP) is 4.47.